The quantitative estimate of drug-likeness (QED) is 0.283. The lowest BCUT2D eigenvalue weighted by atomic mass is 10.0. The maximum absolute atomic E-state index is 12.3. The summed E-state index contributed by atoms with van der Waals surface area (Å²) < 4.78 is 2.64. The number of anilines is 1. The lowest BCUT2D eigenvalue weighted by Gasteiger charge is -2.06. The summed E-state index contributed by atoms with van der Waals surface area (Å²) in [4.78, 5) is 12.3. The zero-order valence-corrected chi connectivity index (χ0v) is 19.8. The molecule has 0 spiro atoms. The Morgan fingerprint density at radius 1 is 0.818 bits per heavy atom. The van der Waals surface area contributed by atoms with Crippen LogP contribution in [0.4, 0.5) is 5.69 Å². The van der Waals surface area contributed by atoms with Gasteiger partial charge in [-0.2, -0.15) is 9.61 Å². The fourth-order valence-electron chi connectivity index (χ4n) is 3.34. The normalized spacial score (nSPS) is 10.9. The minimum Gasteiger partial charge on any atom is -0.325 e. The molecule has 6 nitrogen and oxygen atoms in total. The van der Waals surface area contributed by atoms with Gasteiger partial charge in [-0.3, -0.25) is 4.79 Å². The van der Waals surface area contributed by atoms with Crippen molar-refractivity contribution in [1.82, 2.24) is 19.8 Å². The maximum Gasteiger partial charge on any atom is 0.234 e. The second-order valence-electron chi connectivity index (χ2n) is 7.26. The molecule has 2 aromatic heterocycles. The van der Waals surface area contributed by atoms with E-state index in [1.807, 2.05) is 54.6 Å². The Hall–Kier alpha value is -3.49. The number of hydrogen-bond donors (Lipinski definition) is 1. The average Bonchev–Trinajstić information content (AvgIpc) is 3.27. The largest absolute Gasteiger partial charge is 0.325 e. The minimum absolute atomic E-state index is 0.119. The summed E-state index contributed by atoms with van der Waals surface area (Å²) in [6.45, 7) is 0. The predicted octanol–water partition coefficient (Wildman–Crippen LogP) is 5.95. The van der Waals surface area contributed by atoms with Crippen LogP contribution < -0.4 is 5.32 Å². The number of nitrogens with zero attached hydrogens (tertiary/aromatic N) is 4. The number of rotatable bonds is 6. The van der Waals surface area contributed by atoms with Crippen LogP contribution in [0.2, 0.25) is 0 Å². The molecule has 0 aliphatic heterocycles. The van der Waals surface area contributed by atoms with E-state index in [0.717, 1.165) is 27.0 Å². The summed E-state index contributed by atoms with van der Waals surface area (Å²) in [5, 5.41) is 16.5. The number of carbonyl (C=O) groups is 1. The maximum atomic E-state index is 12.3. The monoisotopic (exact) mass is 515 g/mol. The molecule has 0 fully saturated rings. The van der Waals surface area contributed by atoms with Gasteiger partial charge in [-0.15, -0.1) is 10.2 Å². The molecule has 5 aromatic rings. The third kappa shape index (κ3) is 4.97. The van der Waals surface area contributed by atoms with Gasteiger partial charge in [0, 0.05) is 15.7 Å². The molecular formula is C25H18BrN5OS. The van der Waals surface area contributed by atoms with Gasteiger partial charge in [-0.1, -0.05) is 82.3 Å². The number of benzene rings is 3. The summed E-state index contributed by atoms with van der Waals surface area (Å²) in [7, 11) is 0. The fraction of sp³-hybridized carbons (Fsp3) is 0.0400. The Kier molecular flexibility index (Phi) is 6.19. The van der Waals surface area contributed by atoms with Crippen LogP contribution in [0.1, 0.15) is 0 Å². The molecule has 0 radical (unpaired) electrons. The van der Waals surface area contributed by atoms with E-state index in [9.17, 15) is 4.79 Å². The van der Waals surface area contributed by atoms with E-state index >= 15 is 0 Å². The van der Waals surface area contributed by atoms with Crippen molar-refractivity contribution < 1.29 is 4.79 Å². The Bertz CT molecular complexity index is 1400. The Morgan fingerprint density at radius 3 is 2.27 bits per heavy atom. The molecule has 0 saturated heterocycles. The Labute approximate surface area is 203 Å². The van der Waals surface area contributed by atoms with Crippen molar-refractivity contribution in [3.05, 3.63) is 95.5 Å². The standard InChI is InChI=1S/C25H18BrN5OS/c26-20-10-12-21(13-11-20)27-24(32)16-33-25-29-28-23-15-14-22(30-31(23)25)19-8-6-18(7-9-19)17-4-2-1-3-5-17/h1-15H,16H2,(H,27,32). The number of amides is 1. The molecule has 2 heterocycles. The number of carbonyl (C=O) groups excluding carboxylic acids is 1. The fourth-order valence-corrected chi connectivity index (χ4v) is 4.29. The molecule has 5 rings (SSSR count). The van der Waals surface area contributed by atoms with Crippen molar-refractivity contribution in [2.45, 2.75) is 5.16 Å². The molecule has 0 bridgehead atoms. The zero-order chi connectivity index (χ0) is 22.6. The first-order chi connectivity index (χ1) is 16.2. The molecule has 1 N–H and O–H groups in total. The van der Waals surface area contributed by atoms with Gasteiger partial charge in [-0.05, 0) is 47.5 Å². The van der Waals surface area contributed by atoms with E-state index in [1.165, 1.54) is 17.3 Å². The second kappa shape index (κ2) is 9.56. The van der Waals surface area contributed by atoms with Gasteiger partial charge >= 0.3 is 0 Å². The zero-order valence-electron chi connectivity index (χ0n) is 17.4. The first-order valence-electron chi connectivity index (χ1n) is 10.2. The molecule has 8 heteroatoms. The molecular weight excluding hydrogens is 498 g/mol. The predicted molar refractivity (Wildman–Crippen MR) is 135 cm³/mol. The Balaban J connectivity index is 1.31. The van der Waals surface area contributed by atoms with E-state index in [-0.39, 0.29) is 11.7 Å². The SMILES string of the molecule is O=C(CSc1nnc2ccc(-c3ccc(-c4ccccc4)cc3)nn12)Nc1ccc(Br)cc1. The number of aromatic nitrogens is 4. The van der Waals surface area contributed by atoms with Gasteiger partial charge in [0.1, 0.15) is 0 Å². The van der Waals surface area contributed by atoms with Gasteiger partial charge in [-0.25, -0.2) is 0 Å². The third-order valence-electron chi connectivity index (χ3n) is 4.98. The molecule has 0 unspecified atom stereocenters. The lowest BCUT2D eigenvalue weighted by molar-refractivity contribution is -0.113. The van der Waals surface area contributed by atoms with Crippen molar-refractivity contribution in [3.63, 3.8) is 0 Å². The van der Waals surface area contributed by atoms with Crippen LogP contribution >= 0.6 is 27.7 Å². The molecule has 3 aromatic carbocycles. The third-order valence-corrected chi connectivity index (χ3v) is 6.43. The van der Waals surface area contributed by atoms with Gasteiger partial charge in [0.2, 0.25) is 11.1 Å². The molecule has 0 atom stereocenters. The number of hydrogen-bond acceptors (Lipinski definition) is 5. The van der Waals surface area contributed by atoms with Crippen molar-refractivity contribution in [1.29, 1.82) is 0 Å². The molecule has 0 aliphatic rings. The summed E-state index contributed by atoms with van der Waals surface area (Å²) >= 11 is 4.68. The smallest absolute Gasteiger partial charge is 0.234 e. The number of fused-ring (bicyclic) bond motifs is 1. The van der Waals surface area contributed by atoms with Gasteiger partial charge in [0.05, 0.1) is 11.4 Å². The van der Waals surface area contributed by atoms with Crippen LogP contribution in [-0.2, 0) is 4.79 Å². The Morgan fingerprint density at radius 2 is 1.52 bits per heavy atom. The topological polar surface area (TPSA) is 72.2 Å². The van der Waals surface area contributed by atoms with E-state index in [0.29, 0.717) is 10.8 Å². The highest BCUT2D eigenvalue weighted by molar-refractivity contribution is 9.10. The molecule has 162 valence electrons. The van der Waals surface area contributed by atoms with Crippen LogP contribution in [0.3, 0.4) is 0 Å². The van der Waals surface area contributed by atoms with Crippen LogP contribution in [0.25, 0.3) is 28.0 Å². The van der Waals surface area contributed by atoms with Crippen molar-refractivity contribution in [3.8, 4) is 22.4 Å². The van der Waals surface area contributed by atoms with Gasteiger partial charge in [0.15, 0.2) is 5.65 Å². The highest BCUT2D eigenvalue weighted by Crippen LogP contribution is 2.25. The van der Waals surface area contributed by atoms with Gasteiger partial charge < -0.3 is 5.32 Å². The molecule has 1 amide bonds. The average molecular weight is 516 g/mol. The number of thioether (sulfide) groups is 1. The van der Waals surface area contributed by atoms with Crippen LogP contribution in [0.5, 0.6) is 0 Å². The number of halogens is 1. The molecule has 33 heavy (non-hydrogen) atoms. The van der Waals surface area contributed by atoms with Crippen LogP contribution in [0.15, 0.2) is 101 Å². The highest BCUT2D eigenvalue weighted by Gasteiger charge is 2.12. The van der Waals surface area contributed by atoms with Crippen molar-refractivity contribution in [2.24, 2.45) is 0 Å². The van der Waals surface area contributed by atoms with E-state index < -0.39 is 0 Å². The van der Waals surface area contributed by atoms with Crippen LogP contribution in [0, 0.1) is 0 Å². The first kappa shape index (κ1) is 21.4. The number of nitrogens with one attached hydrogen (secondary N) is 1. The second-order valence-corrected chi connectivity index (χ2v) is 9.12. The van der Waals surface area contributed by atoms with E-state index in [1.54, 1.807) is 4.52 Å². The van der Waals surface area contributed by atoms with Crippen molar-refractivity contribution in [2.75, 3.05) is 11.1 Å². The van der Waals surface area contributed by atoms with E-state index in [2.05, 4.69) is 67.8 Å². The van der Waals surface area contributed by atoms with Crippen molar-refractivity contribution >= 4 is 44.9 Å². The summed E-state index contributed by atoms with van der Waals surface area (Å²) in [5.74, 6) is 0.0841. The minimum atomic E-state index is -0.119. The summed E-state index contributed by atoms with van der Waals surface area (Å²) in [6, 6.07) is 29.8. The summed E-state index contributed by atoms with van der Waals surface area (Å²) in [5.41, 5.74) is 5.51. The summed E-state index contributed by atoms with van der Waals surface area (Å²) in [6.07, 6.45) is 0. The van der Waals surface area contributed by atoms with E-state index in [4.69, 9.17) is 5.10 Å². The lowest BCUT2D eigenvalue weighted by Crippen LogP contribution is -2.14. The van der Waals surface area contributed by atoms with Gasteiger partial charge in [0.25, 0.3) is 0 Å². The van der Waals surface area contributed by atoms with Crippen LogP contribution in [-0.4, -0.2) is 31.5 Å². The first-order valence-corrected chi connectivity index (χ1v) is 12.0. The molecule has 0 aliphatic carbocycles. The molecule has 0 saturated carbocycles. The highest BCUT2D eigenvalue weighted by atomic mass is 79.9.